The van der Waals surface area contributed by atoms with Crippen LogP contribution in [0.5, 0.6) is 0 Å². The van der Waals surface area contributed by atoms with Gasteiger partial charge in [0.05, 0.1) is 0 Å². The van der Waals surface area contributed by atoms with E-state index in [1.54, 1.807) is 0 Å². The molecular formula is C15H32N2. The van der Waals surface area contributed by atoms with Crippen LogP contribution in [0.2, 0.25) is 0 Å². The molecule has 1 N–H and O–H groups in total. The van der Waals surface area contributed by atoms with E-state index in [9.17, 15) is 0 Å². The summed E-state index contributed by atoms with van der Waals surface area (Å²) in [5.41, 5.74) is 0. The first-order valence-corrected chi connectivity index (χ1v) is 7.46. The zero-order chi connectivity index (χ0) is 12.8. The summed E-state index contributed by atoms with van der Waals surface area (Å²) in [6.45, 7) is 10.6. The summed E-state index contributed by atoms with van der Waals surface area (Å²) in [4.78, 5) is 2.57. The van der Waals surface area contributed by atoms with E-state index in [2.05, 4.69) is 45.0 Å². The minimum absolute atomic E-state index is 0.694. The molecule has 3 atom stereocenters. The van der Waals surface area contributed by atoms with Crippen molar-refractivity contribution in [3.8, 4) is 0 Å². The number of hydrogen-bond acceptors (Lipinski definition) is 2. The Hall–Kier alpha value is -0.0800. The first-order valence-electron chi connectivity index (χ1n) is 7.46. The minimum Gasteiger partial charge on any atom is -0.314 e. The van der Waals surface area contributed by atoms with Gasteiger partial charge in [-0.25, -0.2) is 0 Å². The third-order valence-electron chi connectivity index (χ3n) is 4.24. The number of hydrogen-bond donors (Lipinski definition) is 1. The van der Waals surface area contributed by atoms with Crippen molar-refractivity contribution in [3.63, 3.8) is 0 Å². The molecular weight excluding hydrogens is 208 g/mol. The molecule has 3 unspecified atom stereocenters. The Morgan fingerprint density at radius 2 is 1.82 bits per heavy atom. The van der Waals surface area contributed by atoms with E-state index >= 15 is 0 Å². The van der Waals surface area contributed by atoms with Crippen molar-refractivity contribution in [1.82, 2.24) is 10.2 Å². The van der Waals surface area contributed by atoms with Gasteiger partial charge in [-0.15, -0.1) is 0 Å². The number of piperidine rings is 1. The van der Waals surface area contributed by atoms with Gasteiger partial charge >= 0.3 is 0 Å². The van der Waals surface area contributed by atoms with Crippen LogP contribution in [0.3, 0.4) is 0 Å². The second kappa shape index (κ2) is 7.38. The van der Waals surface area contributed by atoms with Crippen LogP contribution < -0.4 is 5.32 Å². The van der Waals surface area contributed by atoms with Gasteiger partial charge in [-0.1, -0.05) is 20.3 Å². The Morgan fingerprint density at radius 1 is 1.12 bits per heavy atom. The Balaban J connectivity index is 2.31. The summed E-state index contributed by atoms with van der Waals surface area (Å²) >= 11 is 0. The molecule has 1 heterocycles. The van der Waals surface area contributed by atoms with E-state index in [1.807, 2.05) is 0 Å². The van der Waals surface area contributed by atoms with Crippen LogP contribution in [0.25, 0.3) is 0 Å². The predicted molar refractivity (Wildman–Crippen MR) is 76.4 cm³/mol. The van der Waals surface area contributed by atoms with Crippen LogP contribution in [0, 0.1) is 5.92 Å². The van der Waals surface area contributed by atoms with Crippen LogP contribution in [0.4, 0.5) is 0 Å². The fraction of sp³-hybridized carbons (Fsp3) is 1.00. The highest BCUT2D eigenvalue weighted by Crippen LogP contribution is 2.18. The average Bonchev–Trinajstić information content (AvgIpc) is 2.28. The molecule has 1 aliphatic heterocycles. The predicted octanol–water partition coefficient (Wildman–Crippen LogP) is 3.27. The summed E-state index contributed by atoms with van der Waals surface area (Å²) in [5.74, 6) is 0.799. The van der Waals surface area contributed by atoms with Gasteiger partial charge in [0.2, 0.25) is 0 Å². The summed E-state index contributed by atoms with van der Waals surface area (Å²) in [7, 11) is 2.29. The zero-order valence-corrected chi connectivity index (χ0v) is 12.5. The summed E-state index contributed by atoms with van der Waals surface area (Å²) < 4.78 is 0. The molecule has 0 amide bonds. The van der Waals surface area contributed by atoms with Crippen molar-refractivity contribution in [3.05, 3.63) is 0 Å². The minimum atomic E-state index is 0.694. The van der Waals surface area contributed by atoms with Crippen molar-refractivity contribution >= 4 is 0 Å². The molecule has 1 aliphatic rings. The molecule has 1 rings (SSSR count). The van der Waals surface area contributed by atoms with Crippen molar-refractivity contribution in [2.75, 3.05) is 13.6 Å². The quantitative estimate of drug-likeness (QED) is 0.766. The van der Waals surface area contributed by atoms with Gasteiger partial charge < -0.3 is 10.2 Å². The highest BCUT2D eigenvalue weighted by molar-refractivity contribution is 4.79. The fourth-order valence-electron chi connectivity index (χ4n) is 2.99. The topological polar surface area (TPSA) is 15.3 Å². The molecule has 102 valence electrons. The maximum atomic E-state index is 3.66. The number of nitrogens with one attached hydrogen (secondary N) is 1. The molecule has 0 spiro atoms. The molecule has 17 heavy (non-hydrogen) atoms. The van der Waals surface area contributed by atoms with Crippen molar-refractivity contribution in [2.45, 2.75) is 77.9 Å². The number of nitrogens with zero attached hydrogens (tertiary/aromatic N) is 1. The Morgan fingerprint density at radius 3 is 2.35 bits per heavy atom. The third kappa shape index (κ3) is 5.39. The average molecular weight is 240 g/mol. The summed E-state index contributed by atoms with van der Waals surface area (Å²) in [5, 5.41) is 3.66. The first-order chi connectivity index (χ1) is 8.00. The standard InChI is InChI=1S/C15H32N2/c1-12(2)10-13(3)17(5)14(4)11-15-8-6-7-9-16-15/h12-16H,6-11H2,1-5H3. The Kier molecular flexibility index (Phi) is 6.50. The monoisotopic (exact) mass is 240 g/mol. The van der Waals surface area contributed by atoms with Crippen LogP contribution in [0.15, 0.2) is 0 Å². The Bertz CT molecular complexity index is 197. The van der Waals surface area contributed by atoms with Gasteiger partial charge in [0, 0.05) is 18.1 Å². The molecule has 0 saturated carbocycles. The third-order valence-corrected chi connectivity index (χ3v) is 4.24. The van der Waals surface area contributed by atoms with Gasteiger partial charge in [-0.05, 0) is 59.0 Å². The largest absolute Gasteiger partial charge is 0.314 e. The lowest BCUT2D eigenvalue weighted by atomic mass is 9.96. The molecule has 1 fully saturated rings. The molecule has 2 heteroatoms. The molecule has 0 aromatic heterocycles. The van der Waals surface area contributed by atoms with Gasteiger partial charge in [-0.2, -0.15) is 0 Å². The second-order valence-electron chi connectivity index (χ2n) is 6.38. The van der Waals surface area contributed by atoms with E-state index in [-0.39, 0.29) is 0 Å². The summed E-state index contributed by atoms with van der Waals surface area (Å²) in [6.07, 6.45) is 6.76. The maximum Gasteiger partial charge on any atom is 0.00818 e. The SMILES string of the molecule is CC(C)CC(C)N(C)C(C)CC1CCCCN1. The van der Waals surface area contributed by atoms with Crippen LogP contribution in [0.1, 0.15) is 59.8 Å². The van der Waals surface area contributed by atoms with Gasteiger partial charge in [0.25, 0.3) is 0 Å². The Labute approximate surface area is 108 Å². The second-order valence-corrected chi connectivity index (χ2v) is 6.38. The zero-order valence-electron chi connectivity index (χ0n) is 12.5. The van der Waals surface area contributed by atoms with Gasteiger partial charge in [-0.3, -0.25) is 0 Å². The van der Waals surface area contributed by atoms with Gasteiger partial charge in [0.15, 0.2) is 0 Å². The number of rotatable bonds is 6. The van der Waals surface area contributed by atoms with E-state index in [1.165, 1.54) is 38.6 Å². The normalized spacial score (nSPS) is 25.2. The van der Waals surface area contributed by atoms with E-state index < -0.39 is 0 Å². The van der Waals surface area contributed by atoms with E-state index in [0.29, 0.717) is 12.1 Å². The van der Waals surface area contributed by atoms with Crippen molar-refractivity contribution < 1.29 is 0 Å². The van der Waals surface area contributed by atoms with Crippen LogP contribution >= 0.6 is 0 Å². The van der Waals surface area contributed by atoms with Crippen LogP contribution in [-0.2, 0) is 0 Å². The highest BCUT2D eigenvalue weighted by Gasteiger charge is 2.21. The first kappa shape index (κ1) is 15.0. The smallest absolute Gasteiger partial charge is 0.00818 e. The van der Waals surface area contributed by atoms with E-state index in [4.69, 9.17) is 0 Å². The fourth-order valence-corrected chi connectivity index (χ4v) is 2.99. The lowest BCUT2D eigenvalue weighted by Gasteiger charge is -2.35. The molecule has 2 nitrogen and oxygen atoms in total. The molecule has 0 bridgehead atoms. The van der Waals surface area contributed by atoms with Gasteiger partial charge in [0.1, 0.15) is 0 Å². The lowest BCUT2D eigenvalue weighted by Crippen LogP contribution is -2.43. The van der Waals surface area contributed by atoms with Crippen molar-refractivity contribution in [1.29, 1.82) is 0 Å². The van der Waals surface area contributed by atoms with Crippen LogP contribution in [-0.4, -0.2) is 36.6 Å². The molecule has 0 aromatic carbocycles. The highest BCUT2D eigenvalue weighted by atomic mass is 15.2. The molecule has 0 aliphatic carbocycles. The lowest BCUT2D eigenvalue weighted by molar-refractivity contribution is 0.153. The van der Waals surface area contributed by atoms with E-state index in [0.717, 1.165) is 12.0 Å². The molecule has 1 saturated heterocycles. The molecule has 0 aromatic rings. The maximum absolute atomic E-state index is 3.66. The summed E-state index contributed by atoms with van der Waals surface area (Å²) in [6, 6.07) is 2.15. The molecule has 0 radical (unpaired) electrons. The van der Waals surface area contributed by atoms with Crippen molar-refractivity contribution in [2.24, 2.45) is 5.92 Å².